The number of nitrogens with zero attached hydrogens (tertiary/aromatic N) is 2. The van der Waals surface area contributed by atoms with E-state index in [4.69, 9.17) is 10.4 Å². The first-order chi connectivity index (χ1) is 6.69. The summed E-state index contributed by atoms with van der Waals surface area (Å²) in [7, 11) is 1.91. The minimum absolute atomic E-state index is 0.134. The summed E-state index contributed by atoms with van der Waals surface area (Å²) in [5.74, 6) is 0. The van der Waals surface area contributed by atoms with Gasteiger partial charge in [-0.2, -0.15) is 5.26 Å². The standard InChI is InChI=1S/C11H14N2O/c1-9-7-11(13(2)5-6-14)4-3-10(9)8-12/h3-4,7,14H,5-6H2,1-2H3. The molecule has 1 rings (SSSR count). The number of anilines is 1. The Morgan fingerprint density at radius 3 is 2.71 bits per heavy atom. The SMILES string of the molecule is Cc1cc(N(C)CCO)ccc1C#N. The second kappa shape index (κ2) is 4.64. The summed E-state index contributed by atoms with van der Waals surface area (Å²) in [6.07, 6.45) is 0. The van der Waals surface area contributed by atoms with Crippen LogP contribution in [0.4, 0.5) is 5.69 Å². The number of hydrogen-bond donors (Lipinski definition) is 1. The number of nitriles is 1. The number of benzene rings is 1. The Labute approximate surface area is 84.2 Å². The molecular weight excluding hydrogens is 176 g/mol. The predicted octanol–water partition coefficient (Wildman–Crippen LogP) is 1.30. The fraction of sp³-hybridized carbons (Fsp3) is 0.364. The summed E-state index contributed by atoms with van der Waals surface area (Å²) in [4.78, 5) is 1.95. The molecule has 74 valence electrons. The molecule has 0 fully saturated rings. The topological polar surface area (TPSA) is 47.3 Å². The molecule has 1 N–H and O–H groups in total. The highest BCUT2D eigenvalue weighted by molar-refractivity contribution is 5.52. The van der Waals surface area contributed by atoms with Crippen LogP contribution in [0.15, 0.2) is 18.2 Å². The number of hydrogen-bond acceptors (Lipinski definition) is 3. The van der Waals surface area contributed by atoms with Crippen molar-refractivity contribution in [3.63, 3.8) is 0 Å². The molecule has 0 spiro atoms. The molecule has 0 saturated heterocycles. The van der Waals surface area contributed by atoms with E-state index in [9.17, 15) is 0 Å². The smallest absolute Gasteiger partial charge is 0.0994 e. The Bertz CT molecular complexity index is 355. The molecule has 3 nitrogen and oxygen atoms in total. The highest BCUT2D eigenvalue weighted by Gasteiger charge is 2.02. The van der Waals surface area contributed by atoms with Crippen LogP contribution in [0.1, 0.15) is 11.1 Å². The van der Waals surface area contributed by atoms with Crippen molar-refractivity contribution in [1.29, 1.82) is 5.26 Å². The first-order valence-corrected chi connectivity index (χ1v) is 4.51. The first kappa shape index (κ1) is 10.6. The maximum Gasteiger partial charge on any atom is 0.0994 e. The fourth-order valence-electron chi connectivity index (χ4n) is 1.29. The molecule has 14 heavy (non-hydrogen) atoms. The van der Waals surface area contributed by atoms with E-state index < -0.39 is 0 Å². The Hall–Kier alpha value is -1.53. The molecule has 0 heterocycles. The summed E-state index contributed by atoms with van der Waals surface area (Å²) in [6, 6.07) is 7.77. The quantitative estimate of drug-likeness (QED) is 0.781. The molecule has 0 atom stereocenters. The van der Waals surface area contributed by atoms with E-state index in [-0.39, 0.29) is 6.61 Å². The van der Waals surface area contributed by atoms with Crippen LogP contribution in [0.5, 0.6) is 0 Å². The average molecular weight is 190 g/mol. The van der Waals surface area contributed by atoms with Crippen LogP contribution in [0.25, 0.3) is 0 Å². The van der Waals surface area contributed by atoms with Gasteiger partial charge in [0, 0.05) is 19.3 Å². The lowest BCUT2D eigenvalue weighted by molar-refractivity contribution is 0.304. The number of aliphatic hydroxyl groups is 1. The van der Waals surface area contributed by atoms with Crippen LogP contribution >= 0.6 is 0 Å². The number of aliphatic hydroxyl groups excluding tert-OH is 1. The maximum atomic E-state index is 8.77. The predicted molar refractivity (Wildman–Crippen MR) is 56.2 cm³/mol. The van der Waals surface area contributed by atoms with Gasteiger partial charge in [-0.25, -0.2) is 0 Å². The third-order valence-corrected chi connectivity index (χ3v) is 2.21. The van der Waals surface area contributed by atoms with Crippen molar-refractivity contribution in [2.45, 2.75) is 6.92 Å². The van der Waals surface area contributed by atoms with Gasteiger partial charge in [0.15, 0.2) is 0 Å². The molecule has 0 unspecified atom stereocenters. The van der Waals surface area contributed by atoms with Gasteiger partial charge in [0.05, 0.1) is 18.2 Å². The van der Waals surface area contributed by atoms with Crippen molar-refractivity contribution in [3.8, 4) is 6.07 Å². The summed E-state index contributed by atoms with van der Waals surface area (Å²) >= 11 is 0. The molecule has 0 amide bonds. The average Bonchev–Trinajstić information content (AvgIpc) is 2.18. The zero-order valence-electron chi connectivity index (χ0n) is 8.49. The third-order valence-electron chi connectivity index (χ3n) is 2.21. The van der Waals surface area contributed by atoms with Crippen LogP contribution in [0.3, 0.4) is 0 Å². The highest BCUT2D eigenvalue weighted by atomic mass is 16.3. The van der Waals surface area contributed by atoms with Crippen LogP contribution in [0.2, 0.25) is 0 Å². The molecule has 0 bridgehead atoms. The van der Waals surface area contributed by atoms with E-state index in [1.54, 1.807) is 6.07 Å². The van der Waals surface area contributed by atoms with E-state index in [1.165, 1.54) is 0 Å². The van der Waals surface area contributed by atoms with Crippen LogP contribution in [-0.2, 0) is 0 Å². The zero-order valence-corrected chi connectivity index (χ0v) is 8.49. The molecule has 0 aliphatic rings. The Morgan fingerprint density at radius 2 is 2.21 bits per heavy atom. The van der Waals surface area contributed by atoms with Gasteiger partial charge in [0.2, 0.25) is 0 Å². The van der Waals surface area contributed by atoms with Gasteiger partial charge >= 0.3 is 0 Å². The van der Waals surface area contributed by atoms with Gasteiger partial charge in [-0.15, -0.1) is 0 Å². The van der Waals surface area contributed by atoms with Gasteiger partial charge in [0.25, 0.3) is 0 Å². The van der Waals surface area contributed by atoms with Crippen molar-refractivity contribution in [3.05, 3.63) is 29.3 Å². The molecule has 1 aromatic rings. The lowest BCUT2D eigenvalue weighted by Gasteiger charge is -2.18. The highest BCUT2D eigenvalue weighted by Crippen LogP contribution is 2.17. The van der Waals surface area contributed by atoms with Gasteiger partial charge in [-0.3, -0.25) is 0 Å². The van der Waals surface area contributed by atoms with E-state index in [0.29, 0.717) is 12.1 Å². The lowest BCUT2D eigenvalue weighted by Crippen LogP contribution is -2.21. The van der Waals surface area contributed by atoms with Gasteiger partial charge in [-0.1, -0.05) is 0 Å². The van der Waals surface area contributed by atoms with E-state index >= 15 is 0 Å². The van der Waals surface area contributed by atoms with Crippen LogP contribution in [0, 0.1) is 18.3 Å². The summed E-state index contributed by atoms with van der Waals surface area (Å²) in [6.45, 7) is 2.65. The molecule has 0 aliphatic heterocycles. The minimum Gasteiger partial charge on any atom is -0.395 e. The van der Waals surface area contributed by atoms with Crippen molar-refractivity contribution >= 4 is 5.69 Å². The third kappa shape index (κ3) is 2.24. The molecule has 0 radical (unpaired) electrons. The van der Waals surface area contributed by atoms with Gasteiger partial charge < -0.3 is 10.0 Å². The fourth-order valence-corrected chi connectivity index (χ4v) is 1.29. The second-order valence-electron chi connectivity index (χ2n) is 3.26. The molecule has 0 aromatic heterocycles. The molecule has 0 aliphatic carbocycles. The van der Waals surface area contributed by atoms with Crippen molar-refractivity contribution in [2.75, 3.05) is 25.1 Å². The number of rotatable bonds is 3. The Morgan fingerprint density at radius 1 is 1.50 bits per heavy atom. The number of aryl methyl sites for hydroxylation is 1. The van der Waals surface area contributed by atoms with E-state index in [1.807, 2.05) is 31.0 Å². The van der Waals surface area contributed by atoms with E-state index in [0.717, 1.165) is 11.3 Å². The van der Waals surface area contributed by atoms with Crippen LogP contribution in [-0.4, -0.2) is 25.3 Å². The van der Waals surface area contributed by atoms with Gasteiger partial charge in [0.1, 0.15) is 0 Å². The monoisotopic (exact) mass is 190 g/mol. The van der Waals surface area contributed by atoms with Crippen molar-refractivity contribution in [2.24, 2.45) is 0 Å². The van der Waals surface area contributed by atoms with E-state index in [2.05, 4.69) is 6.07 Å². The maximum absolute atomic E-state index is 8.77. The normalized spacial score (nSPS) is 9.57. The van der Waals surface area contributed by atoms with Crippen LogP contribution < -0.4 is 4.90 Å². The molecule has 1 aromatic carbocycles. The summed E-state index contributed by atoms with van der Waals surface area (Å²) < 4.78 is 0. The lowest BCUT2D eigenvalue weighted by atomic mass is 10.1. The summed E-state index contributed by atoms with van der Waals surface area (Å²) in [5, 5.41) is 17.5. The van der Waals surface area contributed by atoms with Crippen molar-refractivity contribution < 1.29 is 5.11 Å². The Balaban J connectivity index is 2.92. The second-order valence-corrected chi connectivity index (χ2v) is 3.26. The van der Waals surface area contributed by atoms with Crippen molar-refractivity contribution in [1.82, 2.24) is 0 Å². The minimum atomic E-state index is 0.134. The Kier molecular flexibility index (Phi) is 3.49. The molecule has 3 heteroatoms. The summed E-state index contributed by atoms with van der Waals surface area (Å²) in [5.41, 5.74) is 2.69. The molecular formula is C11H14N2O. The molecule has 0 saturated carbocycles. The first-order valence-electron chi connectivity index (χ1n) is 4.51. The zero-order chi connectivity index (χ0) is 10.6. The number of likely N-dealkylation sites (N-methyl/N-ethyl adjacent to an activating group) is 1. The largest absolute Gasteiger partial charge is 0.395 e. The van der Waals surface area contributed by atoms with Gasteiger partial charge in [-0.05, 0) is 30.7 Å².